The van der Waals surface area contributed by atoms with Crippen molar-refractivity contribution >= 4 is 23.2 Å². The van der Waals surface area contributed by atoms with Gasteiger partial charge < -0.3 is 5.32 Å². The number of nitrogens with one attached hydrogen (secondary N) is 1. The van der Waals surface area contributed by atoms with E-state index in [0.717, 1.165) is 0 Å². The van der Waals surface area contributed by atoms with Crippen molar-refractivity contribution in [2.24, 2.45) is 7.05 Å². The van der Waals surface area contributed by atoms with E-state index >= 15 is 0 Å². The summed E-state index contributed by atoms with van der Waals surface area (Å²) >= 11 is 5.76. The van der Waals surface area contributed by atoms with Gasteiger partial charge in [-0.1, -0.05) is 18.2 Å². The van der Waals surface area contributed by atoms with E-state index < -0.39 is 0 Å². The van der Waals surface area contributed by atoms with E-state index in [1.54, 1.807) is 7.05 Å². The number of carbonyl (C=O) groups is 1. The van der Waals surface area contributed by atoms with Crippen LogP contribution in [0, 0.1) is 0 Å². The lowest BCUT2D eigenvalue weighted by Crippen LogP contribution is -2.06. The number of anilines is 1. The van der Waals surface area contributed by atoms with Crippen LogP contribution in [0.5, 0.6) is 0 Å². The minimum Gasteiger partial charge on any atom is -0.319 e. The highest BCUT2D eigenvalue weighted by Gasteiger charge is 2.06. The summed E-state index contributed by atoms with van der Waals surface area (Å²) in [7, 11) is 1.69. The van der Waals surface area contributed by atoms with Gasteiger partial charge in [-0.25, -0.2) is 0 Å². The van der Waals surface area contributed by atoms with Crippen molar-refractivity contribution in [1.29, 1.82) is 0 Å². The number of hydrogen-bond donors (Lipinski definition) is 1. The molecule has 0 saturated heterocycles. The number of hydrogen-bond acceptors (Lipinski definition) is 2. The van der Waals surface area contributed by atoms with Crippen LogP contribution in [0.25, 0.3) is 0 Å². The number of amides is 1. The van der Waals surface area contributed by atoms with Crippen LogP contribution in [0.4, 0.5) is 5.69 Å². The first-order valence-electron chi connectivity index (χ1n) is 3.26. The van der Waals surface area contributed by atoms with E-state index in [1.165, 1.54) is 17.0 Å². The Hall–Kier alpha value is -1.29. The van der Waals surface area contributed by atoms with Crippen LogP contribution in [0.2, 0.25) is 5.15 Å². The first-order valence-corrected chi connectivity index (χ1v) is 3.64. The first-order chi connectivity index (χ1) is 5.65. The quantitative estimate of drug-likeness (QED) is 0.704. The Kier molecular flexibility index (Phi) is 2.50. The lowest BCUT2D eigenvalue weighted by Gasteiger charge is -1.97. The molecular formula is C7H8ClN3O. The molecule has 5 heteroatoms. The highest BCUT2D eigenvalue weighted by atomic mass is 35.5. The van der Waals surface area contributed by atoms with E-state index in [0.29, 0.717) is 10.8 Å². The molecule has 0 atom stereocenters. The van der Waals surface area contributed by atoms with Gasteiger partial charge in [0.1, 0.15) is 5.15 Å². The van der Waals surface area contributed by atoms with E-state index in [4.69, 9.17) is 11.6 Å². The SMILES string of the molecule is C=CC(=O)Nc1cnn(C)c1Cl. The second-order valence-corrected chi connectivity index (χ2v) is 2.52. The van der Waals surface area contributed by atoms with Gasteiger partial charge >= 0.3 is 0 Å². The van der Waals surface area contributed by atoms with Crippen molar-refractivity contribution in [3.05, 3.63) is 24.0 Å². The van der Waals surface area contributed by atoms with Gasteiger partial charge in [0.05, 0.1) is 11.9 Å². The molecule has 1 rings (SSSR count). The molecule has 0 spiro atoms. The Morgan fingerprint density at radius 2 is 2.58 bits per heavy atom. The Morgan fingerprint density at radius 3 is 3.00 bits per heavy atom. The lowest BCUT2D eigenvalue weighted by molar-refractivity contribution is -0.111. The number of halogens is 1. The molecule has 0 aromatic carbocycles. The largest absolute Gasteiger partial charge is 0.319 e. The monoisotopic (exact) mass is 185 g/mol. The predicted octanol–water partition coefficient (Wildman–Crippen LogP) is 1.20. The van der Waals surface area contributed by atoms with Crippen molar-refractivity contribution in [1.82, 2.24) is 9.78 Å². The molecule has 0 aliphatic carbocycles. The number of nitrogens with zero attached hydrogens (tertiary/aromatic N) is 2. The summed E-state index contributed by atoms with van der Waals surface area (Å²) in [6.45, 7) is 3.31. The van der Waals surface area contributed by atoms with E-state index in [-0.39, 0.29) is 5.91 Å². The third kappa shape index (κ3) is 1.65. The maximum absolute atomic E-state index is 10.8. The third-order valence-electron chi connectivity index (χ3n) is 1.31. The lowest BCUT2D eigenvalue weighted by atomic mass is 10.5. The fourth-order valence-electron chi connectivity index (χ4n) is 0.690. The second kappa shape index (κ2) is 3.40. The fourth-order valence-corrected chi connectivity index (χ4v) is 0.830. The van der Waals surface area contributed by atoms with Crippen LogP contribution in [-0.2, 0) is 11.8 Å². The molecule has 1 heterocycles. The number of aromatic nitrogens is 2. The molecule has 0 fully saturated rings. The van der Waals surface area contributed by atoms with Crippen LogP contribution in [-0.4, -0.2) is 15.7 Å². The standard InChI is InChI=1S/C7H8ClN3O/c1-3-6(12)10-5-4-9-11(2)7(5)8/h3-4H,1H2,2H3,(H,10,12). The number of aryl methyl sites for hydroxylation is 1. The third-order valence-corrected chi connectivity index (χ3v) is 1.76. The molecule has 1 N–H and O–H groups in total. The molecule has 12 heavy (non-hydrogen) atoms. The van der Waals surface area contributed by atoms with Gasteiger partial charge in [-0.2, -0.15) is 5.10 Å². The summed E-state index contributed by atoms with van der Waals surface area (Å²) in [4.78, 5) is 10.8. The zero-order chi connectivity index (χ0) is 9.14. The molecule has 0 radical (unpaired) electrons. The summed E-state index contributed by atoms with van der Waals surface area (Å²) in [6.07, 6.45) is 2.65. The molecule has 1 aromatic rings. The van der Waals surface area contributed by atoms with Crippen LogP contribution in [0.1, 0.15) is 0 Å². The number of rotatable bonds is 2. The molecule has 0 aliphatic rings. The van der Waals surface area contributed by atoms with Crippen LogP contribution < -0.4 is 5.32 Å². The Bertz CT molecular complexity index is 318. The van der Waals surface area contributed by atoms with Gasteiger partial charge in [0.15, 0.2) is 0 Å². The van der Waals surface area contributed by atoms with Crippen LogP contribution in [0.3, 0.4) is 0 Å². The average Bonchev–Trinajstić information content (AvgIpc) is 2.36. The van der Waals surface area contributed by atoms with Crippen molar-refractivity contribution in [3.8, 4) is 0 Å². The maximum atomic E-state index is 10.8. The smallest absolute Gasteiger partial charge is 0.247 e. The average molecular weight is 186 g/mol. The molecule has 0 aliphatic heterocycles. The Morgan fingerprint density at radius 1 is 1.92 bits per heavy atom. The maximum Gasteiger partial charge on any atom is 0.247 e. The highest BCUT2D eigenvalue weighted by Crippen LogP contribution is 2.19. The van der Waals surface area contributed by atoms with E-state index in [9.17, 15) is 4.79 Å². The molecule has 0 bridgehead atoms. The van der Waals surface area contributed by atoms with Crippen molar-refractivity contribution in [2.45, 2.75) is 0 Å². The van der Waals surface area contributed by atoms with Gasteiger partial charge in [-0.3, -0.25) is 9.48 Å². The van der Waals surface area contributed by atoms with Crippen LogP contribution in [0.15, 0.2) is 18.9 Å². The van der Waals surface area contributed by atoms with Gasteiger partial charge in [0.2, 0.25) is 5.91 Å². The van der Waals surface area contributed by atoms with Gasteiger partial charge in [0, 0.05) is 7.05 Å². The van der Waals surface area contributed by atoms with Crippen molar-refractivity contribution in [2.75, 3.05) is 5.32 Å². The topological polar surface area (TPSA) is 46.9 Å². The minimum atomic E-state index is -0.301. The van der Waals surface area contributed by atoms with Gasteiger partial charge in [-0.15, -0.1) is 0 Å². The molecule has 1 aromatic heterocycles. The van der Waals surface area contributed by atoms with Crippen molar-refractivity contribution < 1.29 is 4.79 Å². The molecule has 4 nitrogen and oxygen atoms in total. The predicted molar refractivity (Wildman–Crippen MR) is 47.0 cm³/mol. The zero-order valence-corrected chi connectivity index (χ0v) is 7.30. The Labute approximate surface area is 74.8 Å². The first kappa shape index (κ1) is 8.80. The highest BCUT2D eigenvalue weighted by molar-refractivity contribution is 6.32. The molecule has 1 amide bonds. The summed E-state index contributed by atoms with van der Waals surface area (Å²) < 4.78 is 1.46. The fraction of sp³-hybridized carbons (Fsp3) is 0.143. The summed E-state index contributed by atoms with van der Waals surface area (Å²) in [6, 6.07) is 0. The zero-order valence-electron chi connectivity index (χ0n) is 6.54. The summed E-state index contributed by atoms with van der Waals surface area (Å²) in [5.41, 5.74) is 0.490. The van der Waals surface area contributed by atoms with Gasteiger partial charge in [-0.05, 0) is 6.08 Å². The van der Waals surface area contributed by atoms with E-state index in [2.05, 4.69) is 17.0 Å². The number of carbonyl (C=O) groups excluding carboxylic acids is 1. The van der Waals surface area contributed by atoms with Gasteiger partial charge in [0.25, 0.3) is 0 Å². The normalized spacial score (nSPS) is 9.50. The minimum absolute atomic E-state index is 0.301. The van der Waals surface area contributed by atoms with Crippen LogP contribution >= 0.6 is 11.6 Å². The summed E-state index contributed by atoms with van der Waals surface area (Å²) in [5, 5.41) is 6.74. The van der Waals surface area contributed by atoms with Crippen molar-refractivity contribution in [3.63, 3.8) is 0 Å². The van der Waals surface area contributed by atoms with E-state index in [1.807, 2.05) is 0 Å². The second-order valence-electron chi connectivity index (χ2n) is 2.17. The summed E-state index contributed by atoms with van der Waals surface area (Å²) in [5.74, 6) is -0.301. The Balaban J connectivity index is 2.82. The molecule has 0 unspecified atom stereocenters. The molecule has 0 saturated carbocycles. The molecule has 64 valence electrons. The molecular weight excluding hydrogens is 178 g/mol.